The SMILES string of the molecule is CN(C)CCn1c(=O)n(S(=O)(=O)c2c(Cl)[nH]c3ncccc23)c2cccnc21. The fourth-order valence-electron chi connectivity index (χ4n) is 3.10. The van der Waals surface area contributed by atoms with Crippen molar-refractivity contribution in [2.75, 3.05) is 20.6 Å². The van der Waals surface area contributed by atoms with Crippen LogP contribution in [0.3, 0.4) is 0 Å². The molecule has 1 N–H and O–H groups in total. The summed E-state index contributed by atoms with van der Waals surface area (Å²) in [5, 5.41) is 0.219. The second kappa shape index (κ2) is 6.73. The summed E-state index contributed by atoms with van der Waals surface area (Å²) in [6.45, 7) is 0.846. The van der Waals surface area contributed by atoms with Gasteiger partial charge in [0.25, 0.3) is 10.0 Å². The molecule has 0 spiro atoms. The van der Waals surface area contributed by atoms with Gasteiger partial charge in [-0.3, -0.25) is 4.57 Å². The van der Waals surface area contributed by atoms with Crippen molar-refractivity contribution < 1.29 is 8.42 Å². The Morgan fingerprint density at radius 2 is 1.89 bits per heavy atom. The van der Waals surface area contributed by atoms with E-state index in [1.54, 1.807) is 24.3 Å². The van der Waals surface area contributed by atoms with Crippen molar-refractivity contribution in [1.82, 2.24) is 28.4 Å². The molecule has 4 aromatic rings. The highest BCUT2D eigenvalue weighted by molar-refractivity contribution is 7.90. The van der Waals surface area contributed by atoms with Crippen LogP contribution in [-0.2, 0) is 16.6 Å². The molecule has 0 atom stereocenters. The van der Waals surface area contributed by atoms with Crippen LogP contribution in [0.2, 0.25) is 5.15 Å². The van der Waals surface area contributed by atoms with Gasteiger partial charge in [0.05, 0.1) is 0 Å². The number of H-pyrrole nitrogens is 1. The Kier molecular flexibility index (Phi) is 4.48. The average Bonchev–Trinajstić information content (AvgIpc) is 3.13. The number of rotatable bonds is 5. The minimum absolute atomic E-state index is 0.0984. The first-order chi connectivity index (χ1) is 13.3. The molecule has 146 valence electrons. The third-order valence-corrected chi connectivity index (χ3v) is 6.56. The van der Waals surface area contributed by atoms with Crippen LogP contribution >= 0.6 is 11.6 Å². The van der Waals surface area contributed by atoms with Gasteiger partial charge in [-0.2, -0.15) is 3.97 Å². The molecule has 0 saturated carbocycles. The van der Waals surface area contributed by atoms with Crippen LogP contribution in [0.5, 0.6) is 0 Å². The number of nitrogens with one attached hydrogen (secondary N) is 1. The molecule has 0 aliphatic carbocycles. The minimum Gasteiger partial charge on any atom is -0.329 e. The lowest BCUT2D eigenvalue weighted by molar-refractivity contribution is 0.383. The fourth-order valence-corrected chi connectivity index (χ4v) is 5.19. The summed E-state index contributed by atoms with van der Waals surface area (Å²) in [7, 11) is -0.565. The highest BCUT2D eigenvalue weighted by Crippen LogP contribution is 2.31. The summed E-state index contributed by atoms with van der Waals surface area (Å²) in [6.07, 6.45) is 3.04. The largest absolute Gasteiger partial charge is 0.344 e. The lowest BCUT2D eigenvalue weighted by Crippen LogP contribution is -2.32. The maximum atomic E-state index is 13.5. The van der Waals surface area contributed by atoms with Gasteiger partial charge in [0.2, 0.25) is 0 Å². The molecule has 0 radical (unpaired) electrons. The summed E-state index contributed by atoms with van der Waals surface area (Å²) < 4.78 is 29.1. The highest BCUT2D eigenvalue weighted by Gasteiger charge is 2.31. The van der Waals surface area contributed by atoms with Gasteiger partial charge in [-0.25, -0.2) is 23.2 Å². The molecule has 4 aromatic heterocycles. The van der Waals surface area contributed by atoms with Crippen molar-refractivity contribution in [1.29, 1.82) is 0 Å². The molecule has 9 nitrogen and oxygen atoms in total. The molecule has 0 unspecified atom stereocenters. The number of nitrogens with zero attached hydrogens (tertiary/aromatic N) is 5. The fraction of sp³-hybridized carbons (Fsp3) is 0.235. The summed E-state index contributed by atoms with van der Waals surface area (Å²) in [5.41, 5.74) is 0.131. The van der Waals surface area contributed by atoms with Crippen molar-refractivity contribution in [2.45, 2.75) is 11.4 Å². The van der Waals surface area contributed by atoms with E-state index >= 15 is 0 Å². The first-order valence-electron chi connectivity index (χ1n) is 8.41. The Balaban J connectivity index is 2.02. The van der Waals surface area contributed by atoms with Crippen LogP contribution in [0.1, 0.15) is 0 Å². The zero-order valence-corrected chi connectivity index (χ0v) is 16.7. The van der Waals surface area contributed by atoms with E-state index in [9.17, 15) is 13.2 Å². The number of imidazole rings is 1. The van der Waals surface area contributed by atoms with Crippen LogP contribution in [0.15, 0.2) is 46.3 Å². The van der Waals surface area contributed by atoms with E-state index < -0.39 is 15.7 Å². The minimum atomic E-state index is -4.30. The molecule has 0 fully saturated rings. The Morgan fingerprint density at radius 1 is 1.18 bits per heavy atom. The normalized spacial score (nSPS) is 12.4. The van der Waals surface area contributed by atoms with E-state index in [4.69, 9.17) is 11.6 Å². The molecule has 11 heteroatoms. The third-order valence-electron chi connectivity index (χ3n) is 4.39. The lowest BCUT2D eigenvalue weighted by atomic mass is 10.3. The number of fused-ring (bicyclic) bond motifs is 2. The van der Waals surface area contributed by atoms with Gasteiger partial charge >= 0.3 is 5.69 Å². The molecule has 0 bridgehead atoms. The van der Waals surface area contributed by atoms with E-state index in [-0.39, 0.29) is 15.6 Å². The molecule has 0 saturated heterocycles. The second-order valence-corrected chi connectivity index (χ2v) is 8.62. The highest BCUT2D eigenvalue weighted by atomic mass is 35.5. The average molecular weight is 421 g/mol. The molecular formula is C17H17ClN6O3S. The predicted octanol–water partition coefficient (Wildman–Crippen LogP) is 1.53. The topological polar surface area (TPSA) is 106 Å². The molecule has 0 aromatic carbocycles. The van der Waals surface area contributed by atoms with Crippen LogP contribution in [0, 0.1) is 0 Å². The Bertz CT molecular complexity index is 1350. The maximum absolute atomic E-state index is 13.5. The van der Waals surface area contributed by atoms with Crippen molar-refractivity contribution in [2.24, 2.45) is 0 Å². The standard InChI is InChI=1S/C17H17ClN6O3S/c1-22(2)9-10-23-16-12(6-4-8-20-16)24(17(23)25)28(26,27)13-11-5-3-7-19-15(11)21-14(13)18/h3-8H,9-10H2,1-2H3,(H,19,21). The van der Waals surface area contributed by atoms with Gasteiger partial charge in [-0.1, -0.05) is 11.6 Å². The van der Waals surface area contributed by atoms with Crippen LogP contribution in [0.25, 0.3) is 22.2 Å². The molecule has 4 heterocycles. The number of pyridine rings is 2. The van der Waals surface area contributed by atoms with Gasteiger partial charge < -0.3 is 9.88 Å². The van der Waals surface area contributed by atoms with Gasteiger partial charge in [0.1, 0.15) is 21.2 Å². The molecule has 0 amide bonds. The number of aromatic nitrogens is 5. The maximum Gasteiger partial charge on any atom is 0.344 e. The van der Waals surface area contributed by atoms with Crippen molar-refractivity contribution in [3.05, 3.63) is 52.3 Å². The van der Waals surface area contributed by atoms with Gasteiger partial charge in [0.15, 0.2) is 5.65 Å². The molecular weight excluding hydrogens is 404 g/mol. The van der Waals surface area contributed by atoms with E-state index in [2.05, 4.69) is 15.0 Å². The monoisotopic (exact) mass is 420 g/mol. The number of aromatic amines is 1. The second-order valence-electron chi connectivity index (χ2n) is 6.52. The van der Waals surface area contributed by atoms with Crippen LogP contribution in [0.4, 0.5) is 0 Å². The third kappa shape index (κ3) is 2.81. The zero-order chi connectivity index (χ0) is 20.1. The van der Waals surface area contributed by atoms with Crippen molar-refractivity contribution >= 4 is 43.8 Å². The summed E-state index contributed by atoms with van der Waals surface area (Å²) >= 11 is 6.20. The van der Waals surface area contributed by atoms with E-state index in [0.717, 1.165) is 3.97 Å². The first-order valence-corrected chi connectivity index (χ1v) is 10.2. The van der Waals surface area contributed by atoms with Crippen LogP contribution < -0.4 is 5.69 Å². The number of hydrogen-bond donors (Lipinski definition) is 1. The van der Waals surface area contributed by atoms with Crippen LogP contribution in [-0.4, -0.2) is 57.4 Å². The number of hydrogen-bond acceptors (Lipinski definition) is 6. The van der Waals surface area contributed by atoms with Crippen molar-refractivity contribution in [3.63, 3.8) is 0 Å². The molecule has 4 rings (SSSR count). The molecule has 0 aliphatic rings. The van der Waals surface area contributed by atoms with E-state index in [1.165, 1.54) is 17.0 Å². The van der Waals surface area contributed by atoms with E-state index in [0.29, 0.717) is 29.8 Å². The Hall–Kier alpha value is -2.69. The van der Waals surface area contributed by atoms with Gasteiger partial charge in [-0.15, -0.1) is 0 Å². The molecule has 0 aliphatic heterocycles. The molecule has 28 heavy (non-hydrogen) atoms. The quantitative estimate of drug-likeness (QED) is 0.524. The van der Waals surface area contributed by atoms with Gasteiger partial charge in [-0.05, 0) is 38.4 Å². The predicted molar refractivity (Wildman–Crippen MR) is 106 cm³/mol. The Morgan fingerprint density at radius 3 is 2.64 bits per heavy atom. The Labute approximate surface area is 165 Å². The smallest absolute Gasteiger partial charge is 0.329 e. The number of likely N-dealkylation sites (N-methyl/N-ethyl adjacent to an activating group) is 1. The number of halogens is 1. The first kappa shape index (κ1) is 18.7. The summed E-state index contributed by atoms with van der Waals surface area (Å²) in [5.74, 6) is 0. The van der Waals surface area contributed by atoms with Gasteiger partial charge in [0, 0.05) is 30.9 Å². The zero-order valence-electron chi connectivity index (χ0n) is 15.1. The lowest BCUT2D eigenvalue weighted by Gasteiger charge is -2.09. The summed E-state index contributed by atoms with van der Waals surface area (Å²) in [6, 6.07) is 6.33. The van der Waals surface area contributed by atoms with E-state index in [1.807, 2.05) is 19.0 Å². The summed E-state index contributed by atoms with van der Waals surface area (Å²) in [4.78, 5) is 25.9. The van der Waals surface area contributed by atoms with Crippen molar-refractivity contribution in [3.8, 4) is 0 Å².